The molecule has 104 valence electrons. The number of rotatable bonds is 3. The number of carboxylic acids is 1. The fourth-order valence-electron chi connectivity index (χ4n) is 1.86. The normalized spacial score (nSPS) is 17.0. The van der Waals surface area contributed by atoms with Crippen LogP contribution in [0.3, 0.4) is 0 Å². The minimum absolute atomic E-state index is 0.337. The predicted octanol–water partition coefficient (Wildman–Crippen LogP) is 0.304. The smallest absolute Gasteiger partial charge is 0.331 e. The topological polar surface area (TPSA) is 87.5 Å². The van der Waals surface area contributed by atoms with Gasteiger partial charge in [-0.05, 0) is 0 Å². The number of amides is 2. The van der Waals surface area contributed by atoms with E-state index in [9.17, 15) is 14.7 Å². The van der Waals surface area contributed by atoms with Crippen LogP contribution in [0.15, 0.2) is 12.4 Å². The third kappa shape index (κ3) is 3.40. The number of nitrogens with zero attached hydrogens (tertiary/aromatic N) is 3. The summed E-state index contributed by atoms with van der Waals surface area (Å²) in [7, 11) is 1.70. The Balaban J connectivity index is 2.04. The van der Waals surface area contributed by atoms with E-state index in [1.165, 1.54) is 10.9 Å². The van der Waals surface area contributed by atoms with Gasteiger partial charge in [0, 0.05) is 43.4 Å². The molecule has 1 atom stereocenters. The number of thioether (sulfide) groups is 1. The molecule has 1 aromatic heterocycles. The highest BCUT2D eigenvalue weighted by Crippen LogP contribution is 2.14. The van der Waals surface area contributed by atoms with Gasteiger partial charge in [-0.2, -0.15) is 16.9 Å². The predicted molar refractivity (Wildman–Crippen MR) is 71.0 cm³/mol. The molecule has 0 radical (unpaired) electrons. The summed E-state index contributed by atoms with van der Waals surface area (Å²) in [5.74, 6) is 0.684. The molecule has 1 fully saturated rings. The van der Waals surface area contributed by atoms with Crippen molar-refractivity contribution in [3.05, 3.63) is 18.0 Å². The number of carbonyl (C=O) groups excluding carboxylic acids is 1. The zero-order valence-corrected chi connectivity index (χ0v) is 11.4. The summed E-state index contributed by atoms with van der Waals surface area (Å²) >= 11 is 1.79. The summed E-state index contributed by atoms with van der Waals surface area (Å²) in [5.41, 5.74) is 0.467. The van der Waals surface area contributed by atoms with Crippen molar-refractivity contribution < 1.29 is 14.7 Å². The average molecular weight is 284 g/mol. The van der Waals surface area contributed by atoms with E-state index < -0.39 is 12.0 Å². The molecule has 0 saturated carbocycles. The van der Waals surface area contributed by atoms with Gasteiger partial charge in [-0.3, -0.25) is 4.68 Å². The van der Waals surface area contributed by atoms with Crippen molar-refractivity contribution >= 4 is 23.8 Å². The van der Waals surface area contributed by atoms with E-state index in [1.54, 1.807) is 29.9 Å². The van der Waals surface area contributed by atoms with Gasteiger partial charge in [-0.1, -0.05) is 0 Å². The van der Waals surface area contributed by atoms with Crippen LogP contribution in [0.4, 0.5) is 4.79 Å². The molecule has 2 rings (SSSR count). The van der Waals surface area contributed by atoms with E-state index in [-0.39, 0.29) is 6.03 Å². The summed E-state index contributed by atoms with van der Waals surface area (Å²) in [5, 5.41) is 15.7. The van der Waals surface area contributed by atoms with Crippen LogP contribution in [0, 0.1) is 0 Å². The standard InChI is InChI=1S/C11H16N4O3S/c1-14-7-8(6-12-14)9(10(16)17)13-11(18)15-2-4-19-5-3-15/h6-7,9H,2-5H2,1H3,(H,13,18)(H,16,17). The SMILES string of the molecule is Cn1cc(C(NC(=O)N2CCSCC2)C(=O)O)cn1. The number of aryl methyl sites for hydroxylation is 1. The van der Waals surface area contributed by atoms with Crippen LogP contribution in [-0.2, 0) is 11.8 Å². The third-order valence-electron chi connectivity index (χ3n) is 2.87. The maximum atomic E-state index is 12.0. The number of hydrogen-bond acceptors (Lipinski definition) is 4. The van der Waals surface area contributed by atoms with Gasteiger partial charge in [0.05, 0.1) is 6.20 Å². The number of nitrogens with one attached hydrogen (secondary N) is 1. The molecular formula is C11H16N4O3S. The summed E-state index contributed by atoms with van der Waals surface area (Å²) in [4.78, 5) is 24.9. The maximum Gasteiger partial charge on any atom is 0.331 e. The van der Waals surface area contributed by atoms with E-state index >= 15 is 0 Å². The Hall–Kier alpha value is -1.70. The Kier molecular flexibility index (Phi) is 4.31. The number of urea groups is 1. The average Bonchev–Trinajstić information content (AvgIpc) is 2.82. The molecule has 2 amide bonds. The Labute approximate surface area is 115 Å². The van der Waals surface area contributed by atoms with Crippen LogP contribution in [0.5, 0.6) is 0 Å². The van der Waals surface area contributed by atoms with Gasteiger partial charge in [-0.15, -0.1) is 0 Å². The van der Waals surface area contributed by atoms with Crippen LogP contribution in [0.25, 0.3) is 0 Å². The van der Waals surface area contributed by atoms with Crippen molar-refractivity contribution in [1.29, 1.82) is 0 Å². The van der Waals surface area contributed by atoms with E-state index in [1.807, 2.05) is 0 Å². The quantitative estimate of drug-likeness (QED) is 0.834. The second-order valence-corrected chi connectivity index (χ2v) is 5.49. The van der Waals surface area contributed by atoms with Crippen molar-refractivity contribution in [2.24, 2.45) is 7.05 Å². The molecule has 2 N–H and O–H groups in total. The molecule has 0 bridgehead atoms. The van der Waals surface area contributed by atoms with Gasteiger partial charge < -0.3 is 15.3 Å². The highest BCUT2D eigenvalue weighted by molar-refractivity contribution is 7.99. The molecule has 1 saturated heterocycles. The van der Waals surface area contributed by atoms with Gasteiger partial charge >= 0.3 is 12.0 Å². The Morgan fingerprint density at radius 2 is 2.16 bits per heavy atom. The molecular weight excluding hydrogens is 268 g/mol. The molecule has 1 unspecified atom stereocenters. The molecule has 1 aliphatic rings. The van der Waals surface area contributed by atoms with Gasteiger partial charge in [-0.25, -0.2) is 9.59 Å². The summed E-state index contributed by atoms with van der Waals surface area (Å²) in [6.07, 6.45) is 3.04. The van der Waals surface area contributed by atoms with Crippen LogP contribution in [-0.4, -0.2) is 56.4 Å². The van der Waals surface area contributed by atoms with E-state index in [2.05, 4.69) is 10.4 Å². The molecule has 7 nitrogen and oxygen atoms in total. The van der Waals surface area contributed by atoms with Crippen LogP contribution < -0.4 is 5.32 Å². The van der Waals surface area contributed by atoms with Gasteiger partial charge in [0.1, 0.15) is 0 Å². The number of aromatic nitrogens is 2. The van der Waals surface area contributed by atoms with Crippen LogP contribution >= 0.6 is 11.8 Å². The Bertz CT molecular complexity index is 470. The van der Waals surface area contributed by atoms with Crippen molar-refractivity contribution in [2.45, 2.75) is 6.04 Å². The van der Waals surface area contributed by atoms with E-state index in [0.29, 0.717) is 18.7 Å². The van der Waals surface area contributed by atoms with Crippen LogP contribution in [0.2, 0.25) is 0 Å². The van der Waals surface area contributed by atoms with Crippen molar-refractivity contribution in [3.8, 4) is 0 Å². The second kappa shape index (κ2) is 5.96. The number of carboxylic acid groups (broad SMARTS) is 1. The van der Waals surface area contributed by atoms with Crippen molar-refractivity contribution in [1.82, 2.24) is 20.0 Å². The highest BCUT2D eigenvalue weighted by Gasteiger charge is 2.26. The fraction of sp³-hybridized carbons (Fsp3) is 0.545. The molecule has 1 aromatic rings. The molecule has 2 heterocycles. The van der Waals surface area contributed by atoms with E-state index in [4.69, 9.17) is 0 Å². The molecule has 19 heavy (non-hydrogen) atoms. The second-order valence-electron chi connectivity index (χ2n) is 4.27. The maximum absolute atomic E-state index is 12.0. The monoisotopic (exact) mass is 284 g/mol. The van der Waals surface area contributed by atoms with Gasteiger partial charge in [0.2, 0.25) is 0 Å². The summed E-state index contributed by atoms with van der Waals surface area (Å²) in [6, 6.07) is -1.40. The minimum atomic E-state index is -1.09. The first kappa shape index (κ1) is 13.7. The minimum Gasteiger partial charge on any atom is -0.479 e. The lowest BCUT2D eigenvalue weighted by Gasteiger charge is -2.27. The highest BCUT2D eigenvalue weighted by atomic mass is 32.2. The van der Waals surface area contributed by atoms with Crippen LogP contribution in [0.1, 0.15) is 11.6 Å². The lowest BCUT2D eigenvalue weighted by molar-refractivity contribution is -0.139. The van der Waals surface area contributed by atoms with Gasteiger partial charge in [0.25, 0.3) is 0 Å². The summed E-state index contributed by atoms with van der Waals surface area (Å²) in [6.45, 7) is 1.30. The largest absolute Gasteiger partial charge is 0.479 e. The van der Waals surface area contributed by atoms with Crippen molar-refractivity contribution in [3.63, 3.8) is 0 Å². The summed E-state index contributed by atoms with van der Waals surface area (Å²) < 4.78 is 1.51. The molecule has 0 spiro atoms. The Morgan fingerprint density at radius 3 is 2.68 bits per heavy atom. The lowest BCUT2D eigenvalue weighted by atomic mass is 10.1. The number of hydrogen-bond donors (Lipinski definition) is 2. The zero-order valence-electron chi connectivity index (χ0n) is 10.6. The number of carbonyl (C=O) groups is 2. The Morgan fingerprint density at radius 1 is 1.47 bits per heavy atom. The molecule has 1 aliphatic heterocycles. The first-order valence-corrected chi connectivity index (χ1v) is 7.08. The molecule has 8 heteroatoms. The zero-order chi connectivity index (χ0) is 13.8. The molecule has 0 aromatic carbocycles. The van der Waals surface area contributed by atoms with Crippen molar-refractivity contribution in [2.75, 3.05) is 24.6 Å². The number of aliphatic carboxylic acids is 1. The van der Waals surface area contributed by atoms with E-state index in [0.717, 1.165) is 11.5 Å². The molecule has 0 aliphatic carbocycles. The third-order valence-corrected chi connectivity index (χ3v) is 3.81. The first-order valence-electron chi connectivity index (χ1n) is 5.92. The first-order chi connectivity index (χ1) is 9.08. The lowest BCUT2D eigenvalue weighted by Crippen LogP contribution is -2.46. The van der Waals surface area contributed by atoms with Gasteiger partial charge in [0.15, 0.2) is 6.04 Å². The fourth-order valence-corrected chi connectivity index (χ4v) is 2.76.